The second-order valence-electron chi connectivity index (χ2n) is 27.6. The number of rotatable bonds is 23. The van der Waals surface area contributed by atoms with Crippen LogP contribution in [-0.2, 0) is 37.5 Å². The van der Waals surface area contributed by atoms with Crippen LogP contribution in [0.3, 0.4) is 0 Å². The van der Waals surface area contributed by atoms with Gasteiger partial charge in [-0.2, -0.15) is 0 Å². The summed E-state index contributed by atoms with van der Waals surface area (Å²) in [6, 6.07) is 70.6. The maximum atomic E-state index is 5.82. The lowest BCUT2D eigenvalue weighted by Crippen LogP contribution is -2.11. The fourth-order valence-electron chi connectivity index (χ4n) is 14.0. The summed E-state index contributed by atoms with van der Waals surface area (Å²) in [5.74, 6) is 2.57. The second kappa shape index (κ2) is 27.7. The first kappa shape index (κ1) is 63.4. The summed E-state index contributed by atoms with van der Waals surface area (Å²) in [6.45, 7) is 22.7. The highest BCUT2D eigenvalue weighted by molar-refractivity contribution is 6.19. The van der Waals surface area contributed by atoms with Gasteiger partial charge in [-0.1, -0.05) is 177 Å². The van der Waals surface area contributed by atoms with Gasteiger partial charge in [0.1, 0.15) is 0 Å². The SMILES string of the molecule is CCCCc1cc(C)cc(-c2cc(-c3cc(C)cc(C(C)(C)C)c3)nc(-c3ccc(-n4c5ccccc5c5cc6c7ccccc7n(-c7ccccc7)c6cc54)c(-c4nc(-c5cc(CCCC)cc(CCCC)c5)nc(-c5cc(CCCC)cc(CCCC)c5)n4)c3)n2)c1. The monoisotopic (exact) mass is 1230 g/mol. The molecule has 9 aromatic carbocycles. The number of hydrogen-bond acceptors (Lipinski definition) is 5. The van der Waals surface area contributed by atoms with E-state index in [1.807, 2.05) is 0 Å². The fraction of sp³-hybridized carbons (Fsp3) is 0.299. The largest absolute Gasteiger partial charge is 0.309 e. The lowest BCUT2D eigenvalue weighted by Gasteiger charge is -2.21. The normalized spacial score (nSPS) is 11.9. The van der Waals surface area contributed by atoms with Crippen LogP contribution in [0.15, 0.2) is 188 Å². The van der Waals surface area contributed by atoms with Crippen LogP contribution in [0, 0.1) is 13.8 Å². The van der Waals surface area contributed by atoms with Crippen LogP contribution >= 0.6 is 0 Å². The summed E-state index contributed by atoms with van der Waals surface area (Å²) in [5.41, 5.74) is 24.5. The Morgan fingerprint density at radius 3 is 1.28 bits per heavy atom. The molecule has 4 heterocycles. The minimum atomic E-state index is -0.0737. The molecule has 0 N–H and O–H groups in total. The van der Waals surface area contributed by atoms with E-state index in [-0.39, 0.29) is 5.41 Å². The number of unbranched alkanes of at least 4 members (excludes halogenated alkanes) is 5. The van der Waals surface area contributed by atoms with Crippen molar-refractivity contribution in [1.29, 1.82) is 0 Å². The Morgan fingerprint density at radius 2 is 0.755 bits per heavy atom. The van der Waals surface area contributed by atoms with Gasteiger partial charge in [0, 0.05) is 60.6 Å². The summed E-state index contributed by atoms with van der Waals surface area (Å²) >= 11 is 0. The number of aromatic nitrogens is 7. The minimum absolute atomic E-state index is 0.0737. The molecule has 0 atom stereocenters. The predicted molar refractivity (Wildman–Crippen MR) is 398 cm³/mol. The molecule has 0 radical (unpaired) electrons. The molecule has 0 unspecified atom stereocenters. The highest BCUT2D eigenvalue weighted by Gasteiger charge is 2.25. The van der Waals surface area contributed by atoms with Gasteiger partial charge in [-0.25, -0.2) is 24.9 Å². The average Bonchev–Trinajstić information content (AvgIpc) is 1.54. The van der Waals surface area contributed by atoms with Crippen molar-refractivity contribution >= 4 is 43.6 Å². The molecule has 0 aliphatic heterocycles. The molecule has 0 amide bonds. The number of benzene rings is 9. The van der Waals surface area contributed by atoms with Crippen molar-refractivity contribution in [2.24, 2.45) is 0 Å². The van der Waals surface area contributed by atoms with Crippen molar-refractivity contribution in [3.63, 3.8) is 0 Å². The third-order valence-corrected chi connectivity index (χ3v) is 19.0. The van der Waals surface area contributed by atoms with Gasteiger partial charge in [0.05, 0.1) is 39.1 Å². The van der Waals surface area contributed by atoms with Crippen LogP contribution in [0.2, 0.25) is 0 Å². The molecule has 4 aromatic heterocycles. The first-order valence-electron chi connectivity index (χ1n) is 35.1. The fourth-order valence-corrected chi connectivity index (χ4v) is 14.0. The summed E-state index contributed by atoms with van der Waals surface area (Å²) in [7, 11) is 0. The van der Waals surface area contributed by atoms with Crippen LogP contribution in [0.4, 0.5) is 0 Å². The number of hydrogen-bond donors (Lipinski definition) is 0. The van der Waals surface area contributed by atoms with Gasteiger partial charge in [-0.3, -0.25) is 0 Å². The van der Waals surface area contributed by atoms with E-state index in [1.165, 1.54) is 71.6 Å². The summed E-state index contributed by atoms with van der Waals surface area (Å²) in [4.78, 5) is 28.6. The molecule has 0 aliphatic rings. The van der Waals surface area contributed by atoms with Crippen molar-refractivity contribution in [2.75, 3.05) is 0 Å². The number of para-hydroxylation sites is 3. The van der Waals surface area contributed by atoms with Crippen LogP contribution in [0.5, 0.6) is 0 Å². The van der Waals surface area contributed by atoms with Gasteiger partial charge < -0.3 is 9.13 Å². The lowest BCUT2D eigenvalue weighted by molar-refractivity contribution is 0.590. The first-order valence-corrected chi connectivity index (χ1v) is 35.1. The second-order valence-corrected chi connectivity index (χ2v) is 27.6. The van der Waals surface area contributed by atoms with Crippen molar-refractivity contribution < 1.29 is 0 Å². The lowest BCUT2D eigenvalue weighted by atomic mass is 9.84. The molecule has 0 saturated heterocycles. The van der Waals surface area contributed by atoms with Crippen LogP contribution < -0.4 is 0 Å². The number of aryl methyl sites for hydroxylation is 7. The molecule has 474 valence electrons. The van der Waals surface area contributed by atoms with Gasteiger partial charge in [-0.15, -0.1) is 0 Å². The molecular weight excluding hydrogens is 1140 g/mol. The molecule has 0 fully saturated rings. The standard InChI is InChI=1S/C87H91N7/c1-11-16-28-59-41-57(6)42-65(47-59)76-55-77(66-43-58(7)44-69(52-66)87(8,9)10)89-83(88-76)64-39-40-80(94-79-38-27-25-36-72(79)74-54-73-71-35-24-26-37-78(71)93(81(73)56-82(74)94)70-33-22-21-23-34-70)75(53-64)86-91-84(67-48-60(29-17-12-2)45-61(49-67)30-18-13-3)90-85(92-86)68-50-62(31-19-14-4)46-63(51-68)32-20-15-5/h21-27,33-56H,11-20,28-32H2,1-10H3. The van der Waals surface area contributed by atoms with Gasteiger partial charge in [-0.05, 0) is 226 Å². The summed E-state index contributed by atoms with van der Waals surface area (Å²) < 4.78 is 4.89. The van der Waals surface area contributed by atoms with Gasteiger partial charge >= 0.3 is 0 Å². The van der Waals surface area contributed by atoms with Crippen molar-refractivity contribution in [3.05, 3.63) is 233 Å². The van der Waals surface area contributed by atoms with Crippen LogP contribution in [0.1, 0.15) is 164 Å². The predicted octanol–water partition coefficient (Wildman–Crippen LogP) is 23.5. The van der Waals surface area contributed by atoms with Crippen LogP contribution in [-0.4, -0.2) is 34.1 Å². The zero-order chi connectivity index (χ0) is 65.0. The molecule has 94 heavy (non-hydrogen) atoms. The highest BCUT2D eigenvalue weighted by Crippen LogP contribution is 2.43. The molecular formula is C87H91N7. The van der Waals surface area contributed by atoms with Crippen molar-refractivity contribution in [3.8, 4) is 79.4 Å². The molecule has 0 saturated carbocycles. The van der Waals surface area contributed by atoms with E-state index in [9.17, 15) is 0 Å². The molecule has 0 aliphatic carbocycles. The van der Waals surface area contributed by atoms with Crippen molar-refractivity contribution in [1.82, 2.24) is 34.1 Å². The molecule has 13 aromatic rings. The maximum absolute atomic E-state index is 5.82. The number of nitrogens with zero attached hydrogens (tertiary/aromatic N) is 7. The molecule has 7 nitrogen and oxygen atoms in total. The van der Waals surface area contributed by atoms with E-state index in [0.717, 1.165) is 169 Å². The Bertz CT molecular complexity index is 4760. The van der Waals surface area contributed by atoms with E-state index in [1.54, 1.807) is 0 Å². The zero-order valence-electron chi connectivity index (χ0n) is 57.1. The molecule has 0 bridgehead atoms. The first-order chi connectivity index (χ1) is 45.8. The van der Waals surface area contributed by atoms with E-state index < -0.39 is 0 Å². The Kier molecular flexibility index (Phi) is 18.7. The summed E-state index contributed by atoms with van der Waals surface area (Å²) in [5, 5.41) is 4.76. The van der Waals surface area contributed by atoms with E-state index in [4.69, 9.17) is 24.9 Å². The zero-order valence-corrected chi connectivity index (χ0v) is 57.1. The van der Waals surface area contributed by atoms with Gasteiger partial charge in [0.2, 0.25) is 0 Å². The van der Waals surface area contributed by atoms with E-state index >= 15 is 0 Å². The summed E-state index contributed by atoms with van der Waals surface area (Å²) in [6.07, 6.45) is 16.2. The Morgan fingerprint density at radius 1 is 0.319 bits per heavy atom. The van der Waals surface area contributed by atoms with E-state index in [2.05, 4.69) is 266 Å². The minimum Gasteiger partial charge on any atom is -0.309 e. The molecule has 7 heteroatoms. The Labute approximate surface area is 557 Å². The Hall–Kier alpha value is -9.33. The quantitative estimate of drug-likeness (QED) is 0.0638. The average molecular weight is 1230 g/mol. The smallest absolute Gasteiger partial charge is 0.166 e. The van der Waals surface area contributed by atoms with Gasteiger partial charge in [0.25, 0.3) is 0 Å². The molecule has 0 spiro atoms. The molecule has 13 rings (SSSR count). The highest BCUT2D eigenvalue weighted by atomic mass is 15.1. The topological polar surface area (TPSA) is 74.3 Å². The third-order valence-electron chi connectivity index (χ3n) is 19.0. The third kappa shape index (κ3) is 13.3. The Balaban J connectivity index is 1.14. The van der Waals surface area contributed by atoms with Crippen LogP contribution in [0.25, 0.3) is 123 Å². The number of fused-ring (bicyclic) bond motifs is 6. The maximum Gasteiger partial charge on any atom is 0.166 e. The van der Waals surface area contributed by atoms with E-state index in [0.29, 0.717) is 23.3 Å². The van der Waals surface area contributed by atoms with Gasteiger partial charge in [0.15, 0.2) is 23.3 Å². The van der Waals surface area contributed by atoms with Crippen molar-refractivity contribution in [2.45, 2.75) is 171 Å².